The molecule has 1 aromatic carbocycles. The number of nitrogens with one attached hydrogen (secondary N) is 2. The molecule has 3 heterocycles. The van der Waals surface area contributed by atoms with Crippen molar-refractivity contribution in [2.75, 3.05) is 16.8 Å². The Labute approximate surface area is 151 Å². The van der Waals surface area contributed by atoms with E-state index in [1.165, 1.54) is 22.3 Å². The summed E-state index contributed by atoms with van der Waals surface area (Å²) in [6.45, 7) is 2.09. The van der Waals surface area contributed by atoms with Crippen LogP contribution in [0.3, 0.4) is 0 Å². The van der Waals surface area contributed by atoms with E-state index in [-0.39, 0.29) is 36.0 Å². The molecule has 1 unspecified atom stereocenters. The summed E-state index contributed by atoms with van der Waals surface area (Å²) in [5, 5.41) is 18.8. The number of aryl methyl sites for hydroxylation is 1. The number of hydrogen-bond acceptors (Lipinski definition) is 6. The molecule has 3 aromatic rings. The molecule has 10 heteroatoms. The predicted molar refractivity (Wildman–Crippen MR) is 94.4 cm³/mol. The van der Waals surface area contributed by atoms with Crippen LogP contribution in [0.2, 0.25) is 0 Å². The van der Waals surface area contributed by atoms with Crippen molar-refractivity contribution >= 4 is 45.0 Å². The maximum atomic E-state index is 14.1. The average Bonchev–Trinajstić information content (AvgIpc) is 3.33. The number of fused-ring (bicyclic) bond motifs is 1. The van der Waals surface area contributed by atoms with Gasteiger partial charge in [-0.25, -0.2) is 4.39 Å². The number of anilines is 2. The molecule has 0 radical (unpaired) electrons. The number of aromatic amines is 1. The van der Waals surface area contributed by atoms with Crippen LogP contribution in [-0.2, 0) is 16.0 Å². The molecule has 2 amide bonds. The molecule has 0 bridgehead atoms. The zero-order valence-corrected chi connectivity index (χ0v) is 14.6. The maximum Gasteiger partial charge on any atom is 0.231 e. The SMILES string of the molecule is CCc1nnc(NC(=O)C2CC(=O)N(c3n[nH]c4cccc(F)c34)C2)s1. The molecule has 0 spiro atoms. The van der Waals surface area contributed by atoms with Crippen molar-refractivity contribution in [2.24, 2.45) is 5.92 Å². The molecule has 0 saturated carbocycles. The first kappa shape index (κ1) is 16.6. The fourth-order valence-electron chi connectivity index (χ4n) is 2.95. The number of aromatic nitrogens is 4. The van der Waals surface area contributed by atoms with Crippen LogP contribution in [0.1, 0.15) is 18.4 Å². The number of halogens is 1. The van der Waals surface area contributed by atoms with Crippen LogP contribution in [-0.4, -0.2) is 38.8 Å². The van der Waals surface area contributed by atoms with E-state index in [0.717, 1.165) is 11.4 Å². The minimum atomic E-state index is -0.560. The molecule has 1 atom stereocenters. The van der Waals surface area contributed by atoms with Crippen LogP contribution < -0.4 is 10.2 Å². The van der Waals surface area contributed by atoms with Crippen LogP contribution in [0.25, 0.3) is 10.9 Å². The zero-order chi connectivity index (χ0) is 18.3. The van der Waals surface area contributed by atoms with Gasteiger partial charge in [-0.2, -0.15) is 5.10 Å². The van der Waals surface area contributed by atoms with Gasteiger partial charge < -0.3 is 5.32 Å². The summed E-state index contributed by atoms with van der Waals surface area (Å²) in [7, 11) is 0. The molecule has 1 saturated heterocycles. The summed E-state index contributed by atoms with van der Waals surface area (Å²) in [6, 6.07) is 4.56. The number of hydrogen-bond donors (Lipinski definition) is 2. The Morgan fingerprint density at radius 1 is 1.46 bits per heavy atom. The summed E-state index contributed by atoms with van der Waals surface area (Å²) in [4.78, 5) is 26.2. The third-order valence-corrected chi connectivity index (χ3v) is 5.25. The van der Waals surface area contributed by atoms with Gasteiger partial charge in [-0.1, -0.05) is 24.3 Å². The summed E-state index contributed by atoms with van der Waals surface area (Å²) in [5.41, 5.74) is 0.502. The van der Waals surface area contributed by atoms with Crippen molar-refractivity contribution in [3.8, 4) is 0 Å². The molecule has 2 aromatic heterocycles. The Hall–Kier alpha value is -2.88. The normalized spacial score (nSPS) is 17.2. The van der Waals surface area contributed by atoms with E-state index in [9.17, 15) is 14.0 Å². The number of carbonyl (C=O) groups excluding carboxylic acids is 2. The van der Waals surface area contributed by atoms with Gasteiger partial charge >= 0.3 is 0 Å². The second-order valence-corrected chi connectivity index (χ2v) is 7.02. The second-order valence-electron chi connectivity index (χ2n) is 5.96. The van der Waals surface area contributed by atoms with Gasteiger partial charge in [0.1, 0.15) is 10.8 Å². The van der Waals surface area contributed by atoms with E-state index < -0.39 is 11.7 Å². The highest BCUT2D eigenvalue weighted by Crippen LogP contribution is 2.31. The van der Waals surface area contributed by atoms with Crippen molar-refractivity contribution < 1.29 is 14.0 Å². The van der Waals surface area contributed by atoms with Crippen LogP contribution >= 0.6 is 11.3 Å². The third kappa shape index (κ3) is 2.81. The largest absolute Gasteiger partial charge is 0.300 e. The molecule has 1 aliphatic heterocycles. The Morgan fingerprint density at radius 3 is 3.08 bits per heavy atom. The minimum Gasteiger partial charge on any atom is -0.300 e. The Bertz CT molecular complexity index is 1000. The van der Waals surface area contributed by atoms with Gasteiger partial charge in [0, 0.05) is 13.0 Å². The second kappa shape index (κ2) is 6.45. The molecular weight excluding hydrogens is 359 g/mol. The van der Waals surface area contributed by atoms with Crippen molar-refractivity contribution in [3.05, 3.63) is 29.0 Å². The van der Waals surface area contributed by atoms with Gasteiger partial charge in [-0.3, -0.25) is 19.6 Å². The van der Waals surface area contributed by atoms with Crippen molar-refractivity contribution in [3.63, 3.8) is 0 Å². The molecule has 8 nitrogen and oxygen atoms in total. The van der Waals surface area contributed by atoms with E-state index in [1.807, 2.05) is 6.92 Å². The number of amides is 2. The van der Waals surface area contributed by atoms with E-state index >= 15 is 0 Å². The monoisotopic (exact) mass is 374 g/mol. The molecule has 4 rings (SSSR count). The first-order valence-electron chi connectivity index (χ1n) is 8.13. The topological polar surface area (TPSA) is 104 Å². The van der Waals surface area contributed by atoms with Crippen molar-refractivity contribution in [1.29, 1.82) is 0 Å². The molecule has 26 heavy (non-hydrogen) atoms. The summed E-state index contributed by atoms with van der Waals surface area (Å²) in [6.07, 6.45) is 0.773. The van der Waals surface area contributed by atoms with E-state index in [0.29, 0.717) is 10.6 Å². The molecule has 1 aliphatic rings. The maximum absolute atomic E-state index is 14.1. The lowest BCUT2D eigenvalue weighted by Gasteiger charge is -2.14. The standard InChI is InChI=1S/C16H15FN6O2S/c1-2-11-20-22-16(26-11)18-15(25)8-6-12(24)23(7-8)14-13-9(17)4-3-5-10(13)19-21-14/h3-5,8H,2,6-7H2,1H3,(H,19,21)(H,18,22,25). The lowest BCUT2D eigenvalue weighted by Crippen LogP contribution is -2.28. The number of benzene rings is 1. The first-order valence-corrected chi connectivity index (χ1v) is 8.94. The highest BCUT2D eigenvalue weighted by Gasteiger charge is 2.37. The first-order chi connectivity index (χ1) is 12.6. The smallest absolute Gasteiger partial charge is 0.231 e. The predicted octanol–water partition coefficient (Wildman–Crippen LogP) is 2.11. The Morgan fingerprint density at radius 2 is 2.31 bits per heavy atom. The quantitative estimate of drug-likeness (QED) is 0.728. The molecule has 134 valence electrons. The number of rotatable bonds is 4. The van der Waals surface area contributed by atoms with Gasteiger partial charge in [0.15, 0.2) is 5.82 Å². The summed E-state index contributed by atoms with van der Waals surface area (Å²) >= 11 is 1.30. The van der Waals surface area contributed by atoms with Gasteiger partial charge in [-0.05, 0) is 18.6 Å². The van der Waals surface area contributed by atoms with E-state index in [4.69, 9.17) is 0 Å². The molecule has 2 N–H and O–H groups in total. The number of nitrogens with zero attached hydrogens (tertiary/aromatic N) is 4. The van der Waals surface area contributed by atoms with Gasteiger partial charge in [0.25, 0.3) is 0 Å². The Kier molecular flexibility index (Phi) is 4.11. The van der Waals surface area contributed by atoms with Gasteiger partial charge in [0.05, 0.1) is 16.8 Å². The highest BCUT2D eigenvalue weighted by molar-refractivity contribution is 7.15. The lowest BCUT2D eigenvalue weighted by molar-refractivity contribution is -0.122. The molecule has 1 fully saturated rings. The van der Waals surface area contributed by atoms with Crippen molar-refractivity contribution in [2.45, 2.75) is 19.8 Å². The number of carbonyl (C=O) groups is 2. The van der Waals surface area contributed by atoms with Crippen LogP contribution in [0.5, 0.6) is 0 Å². The van der Waals surface area contributed by atoms with E-state index in [2.05, 4.69) is 25.7 Å². The molecular formula is C16H15FN6O2S. The highest BCUT2D eigenvalue weighted by atomic mass is 32.1. The van der Waals surface area contributed by atoms with Gasteiger partial charge in [0.2, 0.25) is 16.9 Å². The summed E-state index contributed by atoms with van der Waals surface area (Å²) < 4.78 is 14.1. The number of H-pyrrole nitrogens is 1. The van der Waals surface area contributed by atoms with Crippen LogP contribution in [0.4, 0.5) is 15.3 Å². The average molecular weight is 374 g/mol. The Balaban J connectivity index is 1.53. The summed E-state index contributed by atoms with van der Waals surface area (Å²) in [5.74, 6) is -1.39. The zero-order valence-electron chi connectivity index (χ0n) is 13.8. The third-order valence-electron chi connectivity index (χ3n) is 4.27. The fraction of sp³-hybridized carbons (Fsp3) is 0.312. The van der Waals surface area contributed by atoms with E-state index in [1.54, 1.807) is 12.1 Å². The van der Waals surface area contributed by atoms with Crippen molar-refractivity contribution in [1.82, 2.24) is 20.4 Å². The minimum absolute atomic E-state index is 0.0358. The van der Waals surface area contributed by atoms with Crippen LogP contribution in [0.15, 0.2) is 18.2 Å². The van der Waals surface area contributed by atoms with Gasteiger partial charge in [-0.15, -0.1) is 10.2 Å². The molecule has 0 aliphatic carbocycles. The lowest BCUT2D eigenvalue weighted by atomic mass is 10.1. The fourth-order valence-corrected chi connectivity index (χ4v) is 3.63. The van der Waals surface area contributed by atoms with Crippen LogP contribution in [0, 0.1) is 11.7 Å².